The molecule has 0 aromatic rings. The molecule has 0 saturated heterocycles. The molecule has 0 radical (unpaired) electrons. The van der Waals surface area contributed by atoms with E-state index < -0.39 is 0 Å². The zero-order valence-corrected chi connectivity index (χ0v) is 6.76. The molecular formula is C9H13NO. The van der Waals surface area contributed by atoms with E-state index in [1.807, 2.05) is 12.8 Å². The highest BCUT2D eigenvalue weighted by atomic mass is 16.1. The van der Waals surface area contributed by atoms with Crippen molar-refractivity contribution in [1.29, 1.82) is 0 Å². The average molecular weight is 151 g/mol. The van der Waals surface area contributed by atoms with Gasteiger partial charge in [-0.25, -0.2) is 0 Å². The lowest BCUT2D eigenvalue weighted by Gasteiger charge is -2.31. The molecule has 1 amide bonds. The standard InChI is InChI=1S/C9H13NO/c1-3-9(11)10-7(2)8-5-4-6-8/h1,7-8H,4-6H2,2H3,(H,10,11)/t7-/m0/s1. The third-order valence-electron chi connectivity index (χ3n) is 2.35. The van der Waals surface area contributed by atoms with E-state index in [4.69, 9.17) is 6.42 Å². The molecule has 1 fully saturated rings. The third kappa shape index (κ3) is 1.98. The van der Waals surface area contributed by atoms with Gasteiger partial charge in [-0.05, 0) is 31.6 Å². The van der Waals surface area contributed by atoms with Gasteiger partial charge in [0.2, 0.25) is 0 Å². The molecule has 0 aromatic carbocycles. The minimum absolute atomic E-state index is 0.257. The van der Waals surface area contributed by atoms with Crippen molar-refractivity contribution in [3.05, 3.63) is 0 Å². The molecule has 2 heteroatoms. The first-order valence-corrected chi connectivity index (χ1v) is 4.01. The van der Waals surface area contributed by atoms with Gasteiger partial charge in [0.15, 0.2) is 0 Å². The van der Waals surface area contributed by atoms with Crippen LogP contribution in [-0.2, 0) is 4.79 Å². The molecule has 0 aliphatic heterocycles. The van der Waals surface area contributed by atoms with Crippen molar-refractivity contribution in [2.75, 3.05) is 0 Å². The molecule has 0 unspecified atom stereocenters. The molecule has 1 aliphatic carbocycles. The highest BCUT2D eigenvalue weighted by Crippen LogP contribution is 2.29. The van der Waals surface area contributed by atoms with Crippen LogP contribution in [0.2, 0.25) is 0 Å². The van der Waals surface area contributed by atoms with Crippen LogP contribution in [-0.4, -0.2) is 11.9 Å². The van der Waals surface area contributed by atoms with E-state index in [0.717, 1.165) is 0 Å². The van der Waals surface area contributed by atoms with Crippen molar-refractivity contribution in [1.82, 2.24) is 5.32 Å². The highest BCUT2D eigenvalue weighted by Gasteiger charge is 2.24. The second-order valence-corrected chi connectivity index (χ2v) is 3.10. The molecule has 0 spiro atoms. The fourth-order valence-corrected chi connectivity index (χ4v) is 1.31. The Kier molecular flexibility index (Phi) is 2.53. The summed E-state index contributed by atoms with van der Waals surface area (Å²) in [4.78, 5) is 10.7. The minimum Gasteiger partial charge on any atom is -0.343 e. The van der Waals surface area contributed by atoms with Crippen LogP contribution in [0, 0.1) is 18.3 Å². The van der Waals surface area contributed by atoms with E-state index in [1.54, 1.807) is 0 Å². The van der Waals surface area contributed by atoms with Gasteiger partial charge in [0.1, 0.15) is 0 Å². The smallest absolute Gasteiger partial charge is 0.295 e. The van der Waals surface area contributed by atoms with Crippen LogP contribution in [0.5, 0.6) is 0 Å². The van der Waals surface area contributed by atoms with Crippen molar-refractivity contribution in [3.63, 3.8) is 0 Å². The van der Waals surface area contributed by atoms with Gasteiger partial charge in [0.25, 0.3) is 5.91 Å². The lowest BCUT2D eigenvalue weighted by Crippen LogP contribution is -2.40. The van der Waals surface area contributed by atoms with Gasteiger partial charge >= 0.3 is 0 Å². The summed E-state index contributed by atoms with van der Waals surface area (Å²) in [6.45, 7) is 2.01. The number of hydrogen-bond donors (Lipinski definition) is 1. The van der Waals surface area contributed by atoms with E-state index >= 15 is 0 Å². The molecule has 1 rings (SSSR count). The second-order valence-electron chi connectivity index (χ2n) is 3.10. The Hall–Kier alpha value is -0.970. The number of hydrogen-bond acceptors (Lipinski definition) is 1. The van der Waals surface area contributed by atoms with Crippen molar-refractivity contribution < 1.29 is 4.79 Å². The van der Waals surface area contributed by atoms with E-state index in [-0.39, 0.29) is 11.9 Å². The Bertz CT molecular complexity index is 188. The van der Waals surface area contributed by atoms with E-state index in [2.05, 4.69) is 5.32 Å². The normalized spacial score (nSPS) is 19.6. The molecule has 1 N–H and O–H groups in total. The first-order valence-electron chi connectivity index (χ1n) is 4.01. The van der Waals surface area contributed by atoms with E-state index in [9.17, 15) is 4.79 Å². The van der Waals surface area contributed by atoms with Crippen molar-refractivity contribution in [2.24, 2.45) is 5.92 Å². The maximum atomic E-state index is 10.7. The van der Waals surface area contributed by atoms with Gasteiger partial charge in [-0.1, -0.05) is 6.42 Å². The number of amides is 1. The van der Waals surface area contributed by atoms with Crippen LogP contribution >= 0.6 is 0 Å². The zero-order chi connectivity index (χ0) is 8.27. The van der Waals surface area contributed by atoms with Gasteiger partial charge in [-0.2, -0.15) is 0 Å². The molecular weight excluding hydrogens is 138 g/mol. The first kappa shape index (κ1) is 8.13. The monoisotopic (exact) mass is 151 g/mol. The number of rotatable bonds is 2. The first-order chi connectivity index (χ1) is 5.24. The van der Waals surface area contributed by atoms with Crippen molar-refractivity contribution in [2.45, 2.75) is 32.2 Å². The highest BCUT2D eigenvalue weighted by molar-refractivity contribution is 5.92. The molecule has 0 bridgehead atoms. The summed E-state index contributed by atoms with van der Waals surface area (Å²) in [5.74, 6) is 2.42. The molecule has 60 valence electrons. The van der Waals surface area contributed by atoms with Gasteiger partial charge < -0.3 is 5.32 Å². The molecule has 1 aliphatic rings. The largest absolute Gasteiger partial charge is 0.343 e. The maximum Gasteiger partial charge on any atom is 0.295 e. The number of carbonyl (C=O) groups excluding carboxylic acids is 1. The summed E-state index contributed by atoms with van der Waals surface area (Å²) >= 11 is 0. The number of terminal acetylenes is 1. The van der Waals surface area contributed by atoms with Crippen LogP contribution in [0.4, 0.5) is 0 Å². The Balaban J connectivity index is 2.25. The summed E-state index contributed by atoms with van der Waals surface area (Å²) in [5, 5.41) is 2.76. The second kappa shape index (κ2) is 3.43. The van der Waals surface area contributed by atoms with E-state index in [1.165, 1.54) is 19.3 Å². The Morgan fingerprint density at radius 1 is 1.73 bits per heavy atom. The molecule has 2 nitrogen and oxygen atoms in total. The van der Waals surface area contributed by atoms with Gasteiger partial charge in [0.05, 0.1) is 0 Å². The molecule has 1 saturated carbocycles. The average Bonchev–Trinajstić information content (AvgIpc) is 1.83. The lowest BCUT2D eigenvalue weighted by molar-refractivity contribution is -0.116. The molecule has 1 atom stereocenters. The van der Waals surface area contributed by atoms with Crippen LogP contribution in [0.1, 0.15) is 26.2 Å². The Labute approximate surface area is 67.4 Å². The van der Waals surface area contributed by atoms with Gasteiger partial charge in [-0.15, -0.1) is 6.42 Å². The number of carbonyl (C=O) groups is 1. The predicted molar refractivity (Wildman–Crippen MR) is 43.8 cm³/mol. The quantitative estimate of drug-likeness (QED) is 0.584. The summed E-state index contributed by atoms with van der Waals surface area (Å²) in [5.41, 5.74) is 0. The molecule has 0 aromatic heterocycles. The van der Waals surface area contributed by atoms with Crippen LogP contribution in [0.25, 0.3) is 0 Å². The van der Waals surface area contributed by atoms with Crippen LogP contribution < -0.4 is 5.32 Å². The van der Waals surface area contributed by atoms with Gasteiger partial charge in [0, 0.05) is 6.04 Å². The Morgan fingerprint density at radius 2 is 2.36 bits per heavy atom. The molecule has 11 heavy (non-hydrogen) atoms. The van der Waals surface area contributed by atoms with E-state index in [0.29, 0.717) is 5.92 Å². The maximum absolute atomic E-state index is 10.7. The number of nitrogens with one attached hydrogen (secondary N) is 1. The topological polar surface area (TPSA) is 29.1 Å². The fraction of sp³-hybridized carbons (Fsp3) is 0.667. The van der Waals surface area contributed by atoms with Crippen molar-refractivity contribution in [3.8, 4) is 12.3 Å². The minimum atomic E-state index is -0.288. The molecule has 0 heterocycles. The van der Waals surface area contributed by atoms with Gasteiger partial charge in [-0.3, -0.25) is 4.79 Å². The summed E-state index contributed by atoms with van der Waals surface area (Å²) in [6, 6.07) is 0.257. The summed E-state index contributed by atoms with van der Waals surface area (Å²) < 4.78 is 0. The lowest BCUT2D eigenvalue weighted by atomic mass is 9.80. The van der Waals surface area contributed by atoms with Crippen LogP contribution in [0.15, 0.2) is 0 Å². The zero-order valence-electron chi connectivity index (χ0n) is 6.76. The summed E-state index contributed by atoms with van der Waals surface area (Å²) in [6.07, 6.45) is 8.67. The fourth-order valence-electron chi connectivity index (χ4n) is 1.31. The Morgan fingerprint density at radius 3 is 2.73 bits per heavy atom. The third-order valence-corrected chi connectivity index (χ3v) is 2.35. The summed E-state index contributed by atoms with van der Waals surface area (Å²) in [7, 11) is 0. The SMILES string of the molecule is C#CC(=O)N[C@@H](C)C1CCC1. The predicted octanol–water partition coefficient (Wildman–Crippen LogP) is 0.924. The van der Waals surface area contributed by atoms with Crippen molar-refractivity contribution >= 4 is 5.91 Å². The van der Waals surface area contributed by atoms with Crippen LogP contribution in [0.3, 0.4) is 0 Å².